The Morgan fingerprint density at radius 1 is 1.50 bits per heavy atom. The number of unbranched alkanes of at least 4 members (excludes halogenated alkanes) is 1. The molecule has 0 aliphatic carbocycles. The molecule has 0 N–H and O–H groups in total. The van der Waals surface area contributed by atoms with Gasteiger partial charge < -0.3 is 0 Å². The van der Waals surface area contributed by atoms with E-state index in [0.29, 0.717) is 0 Å². The molecule has 0 unspecified atom stereocenters. The molecule has 0 aliphatic rings. The van der Waals surface area contributed by atoms with Gasteiger partial charge >= 0.3 is 0 Å². The van der Waals surface area contributed by atoms with Crippen LogP contribution in [0.4, 0.5) is 0 Å². The van der Waals surface area contributed by atoms with E-state index in [0.717, 1.165) is 12.0 Å². The van der Waals surface area contributed by atoms with Gasteiger partial charge in [-0.15, -0.1) is 0 Å². The Hall–Kier alpha value is -0.760. The summed E-state index contributed by atoms with van der Waals surface area (Å²) in [6.07, 6.45) is 8.05. The second kappa shape index (κ2) is 4.99. The van der Waals surface area contributed by atoms with Crippen LogP contribution < -0.4 is 0 Å². The summed E-state index contributed by atoms with van der Waals surface area (Å²) in [4.78, 5) is 4.01. The van der Waals surface area contributed by atoms with Crippen molar-refractivity contribution in [3.63, 3.8) is 0 Å². The number of aromatic nitrogens is 1. The summed E-state index contributed by atoms with van der Waals surface area (Å²) < 4.78 is 0. The average Bonchev–Trinajstić information content (AvgIpc) is 2.15. The van der Waals surface area contributed by atoms with Gasteiger partial charge in [0.2, 0.25) is 0 Å². The predicted molar refractivity (Wildman–Crippen MR) is 55.3 cm³/mol. The third-order valence-corrected chi connectivity index (χ3v) is 1.92. The summed E-state index contributed by atoms with van der Waals surface area (Å²) in [5, 5.41) is 1.68. The Labute approximate surface area is 78.8 Å². The average molecular weight is 178 g/mol. The molecule has 1 heterocycles. The predicted octanol–water partition coefficient (Wildman–Crippen LogP) is 2.78. The maximum absolute atomic E-state index is 4.87. The first-order chi connectivity index (χ1) is 5.88. The topological polar surface area (TPSA) is 12.9 Å². The van der Waals surface area contributed by atoms with Crippen LogP contribution in [0.15, 0.2) is 18.5 Å². The van der Waals surface area contributed by atoms with E-state index in [1.54, 1.807) is 17.8 Å². The lowest BCUT2D eigenvalue weighted by Crippen LogP contribution is -1.90. The molecule has 0 saturated carbocycles. The first-order valence-corrected chi connectivity index (χ1v) is 4.58. The van der Waals surface area contributed by atoms with Gasteiger partial charge in [0.05, 0.1) is 0 Å². The van der Waals surface area contributed by atoms with E-state index in [-0.39, 0.29) is 0 Å². The molecule has 12 heavy (non-hydrogen) atoms. The Morgan fingerprint density at radius 2 is 2.33 bits per heavy atom. The van der Waals surface area contributed by atoms with E-state index in [1.165, 1.54) is 12.0 Å². The lowest BCUT2D eigenvalue weighted by atomic mass is 10.1. The van der Waals surface area contributed by atoms with Crippen molar-refractivity contribution in [2.24, 2.45) is 0 Å². The van der Waals surface area contributed by atoms with Crippen LogP contribution in [0.25, 0.3) is 0 Å². The lowest BCUT2D eigenvalue weighted by molar-refractivity contribution is 0.912. The van der Waals surface area contributed by atoms with Gasteiger partial charge in [0.25, 0.3) is 0 Å². The molecule has 0 spiro atoms. The summed E-state index contributed by atoms with van der Waals surface area (Å²) in [5.74, 6) is 0. The lowest BCUT2D eigenvalue weighted by Gasteiger charge is -2.01. The Kier molecular flexibility index (Phi) is 3.88. The zero-order valence-electron chi connectivity index (χ0n) is 7.16. The largest absolute Gasteiger partial charge is 0.264 e. The highest BCUT2D eigenvalue weighted by atomic mass is 32.1. The van der Waals surface area contributed by atoms with Crippen LogP contribution >= 0.6 is 12.2 Å². The van der Waals surface area contributed by atoms with Crippen molar-refractivity contribution < 1.29 is 0 Å². The van der Waals surface area contributed by atoms with E-state index in [4.69, 9.17) is 12.2 Å². The zero-order chi connectivity index (χ0) is 8.81. The van der Waals surface area contributed by atoms with Crippen LogP contribution in [-0.4, -0.2) is 10.4 Å². The summed E-state index contributed by atoms with van der Waals surface area (Å²) >= 11 is 4.87. The van der Waals surface area contributed by atoms with Crippen LogP contribution in [0.2, 0.25) is 0 Å². The second-order valence-corrected chi connectivity index (χ2v) is 2.85. The van der Waals surface area contributed by atoms with Gasteiger partial charge in [0.1, 0.15) is 0 Å². The van der Waals surface area contributed by atoms with Crippen LogP contribution in [0.3, 0.4) is 0 Å². The van der Waals surface area contributed by atoms with Gasteiger partial charge in [-0.05, 0) is 24.5 Å². The summed E-state index contributed by atoms with van der Waals surface area (Å²) in [6, 6.07) is 1.99. The monoisotopic (exact) mass is 178 g/mol. The summed E-state index contributed by atoms with van der Waals surface area (Å²) in [6.45, 7) is 2.16. The van der Waals surface area contributed by atoms with Gasteiger partial charge in [-0.25, -0.2) is 0 Å². The number of thiocarbonyl (C=S) groups is 1. The fraction of sp³-hybridized carbons (Fsp3) is 0.300. The molecule has 0 saturated heterocycles. The van der Waals surface area contributed by atoms with E-state index >= 15 is 0 Å². The minimum absolute atomic E-state index is 1.04. The minimum atomic E-state index is 1.04. The van der Waals surface area contributed by atoms with Crippen LogP contribution in [0, 0.1) is 6.42 Å². The highest BCUT2D eigenvalue weighted by Crippen LogP contribution is 2.10. The molecular weight excluding hydrogens is 166 g/mol. The molecule has 63 valence electrons. The molecule has 1 nitrogen and oxygen atoms in total. The van der Waals surface area contributed by atoms with E-state index in [9.17, 15) is 0 Å². The molecule has 0 aromatic carbocycles. The third-order valence-electron chi connectivity index (χ3n) is 1.67. The Balaban J connectivity index is 2.75. The summed E-state index contributed by atoms with van der Waals surface area (Å²) in [7, 11) is 0. The number of pyridine rings is 1. The highest BCUT2D eigenvalue weighted by molar-refractivity contribution is 7.79. The molecular formula is C10H12NS. The van der Waals surface area contributed by atoms with Crippen molar-refractivity contribution in [1.82, 2.24) is 4.98 Å². The number of hydrogen-bond donors (Lipinski definition) is 0. The smallest absolute Gasteiger partial charge is 0.0351 e. The van der Waals surface area contributed by atoms with Gasteiger partial charge in [-0.1, -0.05) is 25.6 Å². The van der Waals surface area contributed by atoms with Crippen molar-refractivity contribution in [1.29, 1.82) is 0 Å². The Bertz CT molecular complexity index is 258. The Morgan fingerprint density at radius 3 is 3.00 bits per heavy atom. The molecule has 1 aromatic heterocycles. The maximum atomic E-state index is 4.87. The first-order valence-electron chi connectivity index (χ1n) is 4.11. The van der Waals surface area contributed by atoms with E-state index in [1.807, 2.05) is 6.07 Å². The summed E-state index contributed by atoms with van der Waals surface area (Å²) in [5.41, 5.74) is 2.24. The molecule has 1 rings (SSSR count). The number of rotatable bonds is 4. The van der Waals surface area contributed by atoms with Crippen molar-refractivity contribution in [2.75, 3.05) is 0 Å². The van der Waals surface area contributed by atoms with Gasteiger partial charge in [-0.3, -0.25) is 4.98 Å². The number of nitrogens with zero attached hydrogens (tertiary/aromatic N) is 1. The molecule has 2 heteroatoms. The molecule has 0 fully saturated rings. The zero-order valence-corrected chi connectivity index (χ0v) is 7.97. The quantitative estimate of drug-likeness (QED) is 0.657. The second-order valence-electron chi connectivity index (χ2n) is 2.62. The molecule has 1 aromatic rings. The van der Waals surface area contributed by atoms with Crippen LogP contribution in [0.5, 0.6) is 0 Å². The van der Waals surface area contributed by atoms with Gasteiger partial charge in [-0.2, -0.15) is 0 Å². The third kappa shape index (κ3) is 2.38. The fourth-order valence-electron chi connectivity index (χ4n) is 1.00. The fourth-order valence-corrected chi connectivity index (χ4v) is 1.20. The standard InChI is InChI=1S/C10H12NS/c1-2-3-4-9-5-6-11-7-10(9)8-12/h4-8H,2-3H2,1H3. The first kappa shape index (κ1) is 9.33. The van der Waals surface area contributed by atoms with Crippen molar-refractivity contribution >= 4 is 17.6 Å². The maximum Gasteiger partial charge on any atom is 0.0351 e. The van der Waals surface area contributed by atoms with Crippen LogP contribution in [0.1, 0.15) is 30.9 Å². The molecule has 0 bridgehead atoms. The molecule has 0 atom stereocenters. The minimum Gasteiger partial charge on any atom is -0.264 e. The van der Waals surface area contributed by atoms with Crippen LogP contribution in [-0.2, 0) is 0 Å². The van der Waals surface area contributed by atoms with Gasteiger partial charge in [0.15, 0.2) is 0 Å². The highest BCUT2D eigenvalue weighted by Gasteiger charge is 1.97. The van der Waals surface area contributed by atoms with E-state index in [2.05, 4.69) is 18.3 Å². The molecule has 1 radical (unpaired) electrons. The van der Waals surface area contributed by atoms with E-state index < -0.39 is 0 Å². The SMILES string of the molecule is CCC[CH]c1ccncc1C=S. The molecule has 0 aliphatic heterocycles. The van der Waals surface area contributed by atoms with Crippen molar-refractivity contribution in [3.8, 4) is 0 Å². The molecule has 0 amide bonds. The number of hydrogen-bond acceptors (Lipinski definition) is 2. The van der Waals surface area contributed by atoms with Gasteiger partial charge in [0, 0.05) is 23.3 Å². The van der Waals surface area contributed by atoms with Crippen molar-refractivity contribution in [3.05, 3.63) is 36.0 Å². The normalized spacial score (nSPS) is 9.75. The van der Waals surface area contributed by atoms with Crippen molar-refractivity contribution in [2.45, 2.75) is 19.8 Å².